The van der Waals surface area contributed by atoms with E-state index in [-0.39, 0.29) is 53.7 Å². The largest absolute Gasteiger partial charge is 0.491 e. The average Bonchev–Trinajstić information content (AvgIpc) is 4.01. The molecule has 0 saturated carbocycles. The number of azo groups is 2. The normalized spacial score (nSPS) is 14.5. The van der Waals surface area contributed by atoms with Gasteiger partial charge in [-0.05, 0) is 91.3 Å². The van der Waals surface area contributed by atoms with Crippen LogP contribution in [-0.4, -0.2) is 83.4 Å². The summed E-state index contributed by atoms with van der Waals surface area (Å²) in [6.07, 6.45) is -0.0698. The summed E-state index contributed by atoms with van der Waals surface area (Å²) >= 11 is 0.765. The zero-order valence-corrected chi connectivity index (χ0v) is 33.0. The molecule has 1 aliphatic rings. The average molecular weight is 891 g/mol. The molecule has 6 rings (SSSR count). The number of benzene rings is 4. The summed E-state index contributed by atoms with van der Waals surface area (Å²) in [7, 11) is -13.1. The van der Waals surface area contributed by atoms with E-state index >= 15 is 0 Å². The lowest BCUT2D eigenvalue weighted by Crippen LogP contribution is -2.15. The van der Waals surface area contributed by atoms with Gasteiger partial charge in [0.05, 0.1) is 64.3 Å². The van der Waals surface area contributed by atoms with E-state index in [2.05, 4.69) is 55.4 Å². The minimum absolute atomic E-state index is 0.0484. The van der Waals surface area contributed by atoms with Crippen molar-refractivity contribution in [1.82, 2.24) is 15.0 Å². The van der Waals surface area contributed by atoms with Crippen LogP contribution in [0, 0.1) is 0 Å². The van der Waals surface area contributed by atoms with Gasteiger partial charge in [-0.25, -0.2) is 5.26 Å². The predicted molar refractivity (Wildman–Crippen MR) is 210 cm³/mol. The fourth-order valence-electron chi connectivity index (χ4n) is 4.81. The van der Waals surface area contributed by atoms with Crippen molar-refractivity contribution >= 4 is 94.4 Å². The number of hydrogen-bond donors (Lipinski definition) is 6. The second-order valence-corrected chi connectivity index (χ2v) is 17.3. The van der Waals surface area contributed by atoms with Crippen LogP contribution in [-0.2, 0) is 39.7 Å². The maximum atomic E-state index is 11.9. The Morgan fingerprint density at radius 1 is 0.729 bits per heavy atom. The van der Waals surface area contributed by atoms with E-state index in [1.807, 2.05) is 0 Å². The number of nitrogens with zero attached hydrogens (tertiary/aromatic N) is 8. The zero-order chi connectivity index (χ0) is 42.2. The number of hydrogen-bond acceptors (Lipinski definition) is 21. The summed E-state index contributed by atoms with van der Waals surface area (Å²) in [5.74, 6) is -0.684. The first-order chi connectivity index (χ1) is 28.0. The van der Waals surface area contributed by atoms with Crippen LogP contribution in [0.25, 0.3) is 0 Å². The summed E-state index contributed by atoms with van der Waals surface area (Å²) in [6, 6.07) is 22.7. The number of aromatic nitrogens is 3. The summed E-state index contributed by atoms with van der Waals surface area (Å²) in [6.45, 7) is -0.253. The first-order valence-electron chi connectivity index (χ1n) is 16.5. The van der Waals surface area contributed by atoms with Gasteiger partial charge in [-0.1, -0.05) is 5.04 Å². The van der Waals surface area contributed by atoms with Crippen molar-refractivity contribution in [2.45, 2.75) is 21.6 Å². The Bertz CT molecular complexity index is 2680. The molecule has 5 aromatic rings. The molecule has 0 aliphatic carbocycles. The second kappa shape index (κ2) is 18.4. The molecule has 0 bridgehead atoms. The predicted octanol–water partition coefficient (Wildman–Crippen LogP) is 6.56. The molecule has 310 valence electrons. The van der Waals surface area contributed by atoms with Gasteiger partial charge in [0.25, 0.3) is 30.4 Å². The molecule has 1 aliphatic heterocycles. The SMILES string of the molecule is O=S(=O)(O)CCCOc1cc(N=Nc2ccc(SOOO)cc2)ccc1Nc1nc(Nc2ccc(N=Nc3ccc(S(=O)(=O)O)cc3)cc2)nc(N2CC2S(=O)(=O)O)n1. The van der Waals surface area contributed by atoms with E-state index in [1.54, 1.807) is 60.7 Å². The third kappa shape index (κ3) is 12.9. The Morgan fingerprint density at radius 3 is 1.85 bits per heavy atom. The van der Waals surface area contributed by atoms with Crippen molar-refractivity contribution in [3.05, 3.63) is 91.0 Å². The Hall–Kier alpha value is -5.75. The van der Waals surface area contributed by atoms with Crippen molar-refractivity contribution in [2.75, 3.05) is 34.4 Å². The molecule has 0 amide bonds. The van der Waals surface area contributed by atoms with Gasteiger partial charge < -0.3 is 20.3 Å². The highest BCUT2D eigenvalue weighted by molar-refractivity contribution is 7.94. The molecular weight excluding hydrogens is 861 g/mol. The molecule has 1 saturated heterocycles. The summed E-state index contributed by atoms with van der Waals surface area (Å²) < 4.78 is 107. The molecule has 23 nitrogen and oxygen atoms in total. The maximum Gasteiger partial charge on any atom is 0.294 e. The maximum absolute atomic E-state index is 11.9. The Kier molecular flexibility index (Phi) is 13.4. The topological polar surface area (TPSA) is 326 Å². The molecule has 2 heterocycles. The highest BCUT2D eigenvalue weighted by Gasteiger charge is 2.46. The van der Waals surface area contributed by atoms with Gasteiger partial charge in [-0.2, -0.15) is 60.7 Å². The lowest BCUT2D eigenvalue weighted by atomic mass is 10.2. The van der Waals surface area contributed by atoms with Crippen molar-refractivity contribution in [1.29, 1.82) is 0 Å². The first-order valence-corrected chi connectivity index (χ1v) is 21.8. The molecule has 4 aromatic carbocycles. The van der Waals surface area contributed by atoms with Crippen LogP contribution in [0.4, 0.5) is 52.0 Å². The van der Waals surface area contributed by atoms with E-state index in [0.29, 0.717) is 33.3 Å². The molecular formula is C32H30N10O13S4. The molecule has 27 heteroatoms. The van der Waals surface area contributed by atoms with Crippen LogP contribution in [0.3, 0.4) is 0 Å². The van der Waals surface area contributed by atoms with Crippen LogP contribution < -0.4 is 20.3 Å². The highest BCUT2D eigenvalue weighted by atomic mass is 32.2. The van der Waals surface area contributed by atoms with Crippen LogP contribution in [0.2, 0.25) is 0 Å². The minimum atomic E-state index is -4.47. The molecule has 1 atom stereocenters. The second-order valence-electron chi connectivity index (χ2n) is 12.0. The third-order valence-electron chi connectivity index (χ3n) is 7.62. The van der Waals surface area contributed by atoms with Crippen LogP contribution in [0.5, 0.6) is 5.75 Å². The van der Waals surface area contributed by atoms with Gasteiger partial charge >= 0.3 is 0 Å². The quantitative estimate of drug-likeness (QED) is 0.00972. The van der Waals surface area contributed by atoms with Gasteiger partial charge in [0.2, 0.25) is 17.8 Å². The summed E-state index contributed by atoms with van der Waals surface area (Å²) in [4.78, 5) is 14.6. The lowest BCUT2D eigenvalue weighted by molar-refractivity contribution is -0.432. The molecule has 6 N–H and O–H groups in total. The van der Waals surface area contributed by atoms with Gasteiger partial charge in [-0.15, -0.1) is 4.33 Å². The van der Waals surface area contributed by atoms with Gasteiger partial charge in [0.1, 0.15) is 5.75 Å². The number of rotatable bonds is 19. The van der Waals surface area contributed by atoms with Crippen LogP contribution in [0.15, 0.2) is 121 Å². The first kappa shape index (κ1) is 42.8. The lowest BCUT2D eigenvalue weighted by Gasteiger charge is -2.15. The number of ether oxygens (including phenoxy) is 1. The van der Waals surface area contributed by atoms with Crippen LogP contribution >= 0.6 is 12.0 Å². The third-order valence-corrected chi connectivity index (χ3v) is 11.0. The standard InChI is InChI=1S/C32H30N10O13S4/c43-54-55-56-25-11-6-22(7-12-25)40-41-24-10-15-27(28(18-24)53-16-1-17-57(44,45)46)34-31-35-30(36-32(37-31)42-19-29(42)59(50,51)52)33-20-2-4-21(5-3-20)38-39-23-8-13-26(14-9-23)58(47,48)49/h2-15,18,29,43H,1,16-17,19H2,(H,44,45,46)(H,47,48,49)(H,50,51,52)(H2,33,34,35,36,37). The Labute approximate surface area is 339 Å². The van der Waals surface area contributed by atoms with E-state index < -0.39 is 41.5 Å². The molecule has 1 unspecified atom stereocenters. The Balaban J connectivity index is 1.23. The van der Waals surface area contributed by atoms with Crippen molar-refractivity contribution < 1.29 is 58.3 Å². The number of anilines is 5. The fraction of sp³-hybridized carbons (Fsp3) is 0.156. The smallest absolute Gasteiger partial charge is 0.294 e. The van der Waals surface area contributed by atoms with Gasteiger partial charge in [0, 0.05) is 16.6 Å². The number of nitrogens with one attached hydrogen (secondary N) is 2. The van der Waals surface area contributed by atoms with E-state index in [4.69, 9.17) is 19.1 Å². The molecule has 59 heavy (non-hydrogen) atoms. The summed E-state index contributed by atoms with van der Waals surface area (Å²) in [5.41, 5.74) is 2.22. The van der Waals surface area contributed by atoms with Gasteiger partial charge in [-0.3, -0.25) is 13.7 Å². The summed E-state index contributed by atoms with van der Waals surface area (Å²) in [5, 5.41) is 33.2. The van der Waals surface area contributed by atoms with Crippen molar-refractivity contribution in [2.24, 2.45) is 20.5 Å². The minimum Gasteiger partial charge on any atom is -0.491 e. The van der Waals surface area contributed by atoms with Crippen LogP contribution in [0.1, 0.15) is 6.42 Å². The highest BCUT2D eigenvalue weighted by Crippen LogP contribution is 2.35. The van der Waals surface area contributed by atoms with Crippen molar-refractivity contribution in [3.63, 3.8) is 0 Å². The Morgan fingerprint density at radius 2 is 1.29 bits per heavy atom. The molecule has 0 spiro atoms. The monoisotopic (exact) mass is 890 g/mol. The van der Waals surface area contributed by atoms with Crippen molar-refractivity contribution in [3.8, 4) is 5.75 Å². The molecule has 1 fully saturated rings. The van der Waals surface area contributed by atoms with E-state index in [9.17, 15) is 29.8 Å². The zero-order valence-electron chi connectivity index (χ0n) is 29.7. The van der Waals surface area contributed by atoms with E-state index in [1.165, 1.54) is 35.2 Å². The fourth-order valence-corrected chi connectivity index (χ4v) is 6.89. The molecule has 0 radical (unpaired) electrons. The van der Waals surface area contributed by atoms with Gasteiger partial charge in [0.15, 0.2) is 5.37 Å². The van der Waals surface area contributed by atoms with E-state index in [0.717, 1.165) is 12.0 Å². The molecule has 1 aromatic heterocycles.